The van der Waals surface area contributed by atoms with E-state index in [9.17, 15) is 4.79 Å². The number of carbonyl (C=O) groups is 1. The molecular formula is C12H16BrNO5. The molecule has 0 aliphatic heterocycles. The van der Waals surface area contributed by atoms with Gasteiger partial charge in [0.15, 0.2) is 0 Å². The first-order valence-electron chi connectivity index (χ1n) is 5.51. The molecular weight excluding hydrogens is 318 g/mol. The Kier molecular flexibility index (Phi) is 6.07. The number of hydrogen-bond donors (Lipinski definition) is 3. The molecule has 7 heteroatoms. The second-order valence-electron chi connectivity index (χ2n) is 3.73. The second kappa shape index (κ2) is 7.32. The van der Waals surface area contributed by atoms with E-state index in [0.717, 1.165) is 0 Å². The van der Waals surface area contributed by atoms with E-state index >= 15 is 0 Å². The van der Waals surface area contributed by atoms with Gasteiger partial charge in [0.1, 0.15) is 16.0 Å². The monoisotopic (exact) mass is 333 g/mol. The molecule has 0 aromatic heterocycles. The smallest absolute Gasteiger partial charge is 0.251 e. The fourth-order valence-corrected chi connectivity index (χ4v) is 1.97. The molecule has 0 bridgehead atoms. The minimum Gasteiger partial charge on any atom is -0.495 e. The van der Waals surface area contributed by atoms with Gasteiger partial charge in [-0.2, -0.15) is 0 Å². The molecule has 0 spiro atoms. The van der Waals surface area contributed by atoms with Gasteiger partial charge in [-0.25, -0.2) is 0 Å². The van der Waals surface area contributed by atoms with Crippen LogP contribution in [0.25, 0.3) is 0 Å². The molecule has 0 aliphatic carbocycles. The summed E-state index contributed by atoms with van der Waals surface area (Å²) in [6, 6.07) is 2.37. The lowest BCUT2D eigenvalue weighted by Gasteiger charge is -2.15. The van der Waals surface area contributed by atoms with Gasteiger partial charge in [-0.1, -0.05) is 0 Å². The highest BCUT2D eigenvalue weighted by molar-refractivity contribution is 9.10. The number of methoxy groups -OCH3 is 2. The fourth-order valence-electron chi connectivity index (χ4n) is 1.42. The van der Waals surface area contributed by atoms with Gasteiger partial charge >= 0.3 is 0 Å². The summed E-state index contributed by atoms with van der Waals surface area (Å²) in [6.45, 7) is -0.680. The molecule has 1 rings (SSSR count). The predicted molar refractivity (Wildman–Crippen MR) is 72.7 cm³/mol. The van der Waals surface area contributed by atoms with Crippen LogP contribution in [0.3, 0.4) is 0 Å². The average Bonchev–Trinajstić information content (AvgIpc) is 2.44. The van der Waals surface area contributed by atoms with Crippen LogP contribution in [-0.2, 0) is 0 Å². The summed E-state index contributed by atoms with van der Waals surface area (Å²) >= 11 is 3.30. The minimum atomic E-state index is -0.701. The van der Waals surface area contributed by atoms with Gasteiger partial charge in [-0.15, -0.1) is 0 Å². The van der Waals surface area contributed by atoms with E-state index in [-0.39, 0.29) is 13.2 Å². The van der Waals surface area contributed by atoms with Crippen molar-refractivity contribution in [3.8, 4) is 11.5 Å². The first-order valence-corrected chi connectivity index (χ1v) is 6.30. The molecule has 1 aromatic carbocycles. The highest BCUT2D eigenvalue weighted by Crippen LogP contribution is 2.35. The molecule has 106 valence electrons. The molecule has 0 saturated heterocycles. The highest BCUT2D eigenvalue weighted by atomic mass is 79.9. The minimum absolute atomic E-state index is 0.309. The number of hydrogen-bond acceptors (Lipinski definition) is 5. The number of carbonyl (C=O) groups excluding carboxylic acids is 1. The molecule has 0 heterocycles. The molecule has 6 nitrogen and oxygen atoms in total. The molecule has 0 saturated carbocycles. The number of halogens is 1. The first-order chi connectivity index (χ1) is 9.07. The van der Waals surface area contributed by atoms with E-state index in [0.29, 0.717) is 21.5 Å². The zero-order valence-electron chi connectivity index (χ0n) is 10.6. The number of benzene rings is 1. The summed E-state index contributed by atoms with van der Waals surface area (Å²) in [5.74, 6) is 0.472. The van der Waals surface area contributed by atoms with E-state index in [1.165, 1.54) is 26.4 Å². The molecule has 0 fully saturated rings. The topological polar surface area (TPSA) is 88.0 Å². The Morgan fingerprint density at radius 2 is 1.74 bits per heavy atom. The fraction of sp³-hybridized carbons (Fsp3) is 0.417. The highest BCUT2D eigenvalue weighted by Gasteiger charge is 2.17. The normalized spacial score (nSPS) is 10.4. The van der Waals surface area contributed by atoms with Crippen LogP contribution in [0.1, 0.15) is 10.4 Å². The second-order valence-corrected chi connectivity index (χ2v) is 4.52. The molecule has 0 radical (unpaired) electrons. The van der Waals surface area contributed by atoms with Crippen LogP contribution < -0.4 is 14.8 Å². The standard InChI is InChI=1S/C12H16BrNO5/c1-18-9-3-7(4-10(19-2)11(9)13)12(17)14-8(5-15)6-16/h3-4,8,15-16H,5-6H2,1-2H3,(H,14,17). The summed E-state index contributed by atoms with van der Waals surface area (Å²) in [4.78, 5) is 12.0. The van der Waals surface area contributed by atoms with Gasteiger partial charge < -0.3 is 25.0 Å². The predicted octanol–water partition coefficient (Wildman–Crippen LogP) is 0.549. The Hall–Kier alpha value is -1.31. The van der Waals surface area contributed by atoms with Crippen molar-refractivity contribution in [3.05, 3.63) is 22.2 Å². The Balaban J connectivity index is 3.03. The van der Waals surface area contributed by atoms with Gasteiger partial charge in [0.05, 0.1) is 33.5 Å². The van der Waals surface area contributed by atoms with Crippen molar-refractivity contribution < 1.29 is 24.5 Å². The maximum Gasteiger partial charge on any atom is 0.251 e. The van der Waals surface area contributed by atoms with Crippen molar-refractivity contribution in [2.24, 2.45) is 0 Å². The molecule has 1 aromatic rings. The van der Waals surface area contributed by atoms with Crippen molar-refractivity contribution in [1.82, 2.24) is 5.32 Å². The largest absolute Gasteiger partial charge is 0.495 e. The van der Waals surface area contributed by atoms with E-state index in [1.54, 1.807) is 0 Å². The summed E-state index contributed by atoms with van der Waals surface area (Å²) in [5, 5.41) is 20.4. The van der Waals surface area contributed by atoms with Crippen LogP contribution in [0.15, 0.2) is 16.6 Å². The number of rotatable bonds is 6. The number of nitrogens with one attached hydrogen (secondary N) is 1. The first kappa shape index (κ1) is 15.7. The Labute approximate surface area is 119 Å². The van der Waals surface area contributed by atoms with Crippen LogP contribution in [0, 0.1) is 0 Å². The van der Waals surface area contributed by atoms with Gasteiger partial charge in [0, 0.05) is 5.56 Å². The molecule has 1 amide bonds. The number of aliphatic hydroxyl groups is 2. The van der Waals surface area contributed by atoms with Crippen LogP contribution >= 0.6 is 15.9 Å². The summed E-state index contributed by atoms with van der Waals surface area (Å²) in [5.41, 5.74) is 0.309. The summed E-state index contributed by atoms with van der Waals surface area (Å²) < 4.78 is 10.9. The van der Waals surface area contributed by atoms with Crippen LogP contribution in [0.4, 0.5) is 0 Å². The van der Waals surface area contributed by atoms with Crippen molar-refractivity contribution in [2.45, 2.75) is 6.04 Å². The number of amides is 1. The Morgan fingerprint density at radius 3 is 2.11 bits per heavy atom. The maximum atomic E-state index is 12.0. The van der Waals surface area contributed by atoms with Crippen LogP contribution in [0.2, 0.25) is 0 Å². The van der Waals surface area contributed by atoms with Gasteiger partial charge in [-0.3, -0.25) is 4.79 Å². The Bertz CT molecular complexity index is 423. The molecule has 0 aliphatic rings. The number of ether oxygens (including phenoxy) is 2. The lowest BCUT2D eigenvalue weighted by atomic mass is 10.1. The summed E-state index contributed by atoms with van der Waals surface area (Å²) in [6.07, 6.45) is 0. The SMILES string of the molecule is COc1cc(C(=O)NC(CO)CO)cc(OC)c1Br. The van der Waals surface area contributed by atoms with Crippen molar-refractivity contribution >= 4 is 21.8 Å². The zero-order valence-corrected chi connectivity index (χ0v) is 12.2. The Morgan fingerprint density at radius 1 is 1.26 bits per heavy atom. The van der Waals surface area contributed by atoms with Crippen molar-refractivity contribution in [2.75, 3.05) is 27.4 Å². The lowest BCUT2D eigenvalue weighted by molar-refractivity contribution is 0.0878. The lowest BCUT2D eigenvalue weighted by Crippen LogP contribution is -2.40. The maximum absolute atomic E-state index is 12.0. The van der Waals surface area contributed by atoms with Gasteiger partial charge in [-0.05, 0) is 28.1 Å². The van der Waals surface area contributed by atoms with E-state index < -0.39 is 11.9 Å². The quantitative estimate of drug-likeness (QED) is 0.707. The van der Waals surface area contributed by atoms with Gasteiger partial charge in [0.25, 0.3) is 5.91 Å². The van der Waals surface area contributed by atoms with E-state index in [2.05, 4.69) is 21.2 Å². The molecule has 19 heavy (non-hydrogen) atoms. The van der Waals surface area contributed by atoms with E-state index in [4.69, 9.17) is 19.7 Å². The van der Waals surface area contributed by atoms with Crippen LogP contribution in [0.5, 0.6) is 11.5 Å². The third-order valence-electron chi connectivity index (χ3n) is 2.48. The van der Waals surface area contributed by atoms with E-state index in [1.807, 2.05) is 0 Å². The molecule has 0 unspecified atom stereocenters. The average molecular weight is 334 g/mol. The van der Waals surface area contributed by atoms with Crippen molar-refractivity contribution in [3.63, 3.8) is 0 Å². The van der Waals surface area contributed by atoms with Crippen molar-refractivity contribution in [1.29, 1.82) is 0 Å². The van der Waals surface area contributed by atoms with Gasteiger partial charge in [0.2, 0.25) is 0 Å². The summed E-state index contributed by atoms with van der Waals surface area (Å²) in [7, 11) is 2.96. The van der Waals surface area contributed by atoms with Crippen LogP contribution in [-0.4, -0.2) is 49.6 Å². The third kappa shape index (κ3) is 3.82. The molecule has 3 N–H and O–H groups in total. The third-order valence-corrected chi connectivity index (χ3v) is 3.27. The zero-order chi connectivity index (χ0) is 14.4. The molecule has 0 atom stereocenters. The number of aliphatic hydroxyl groups excluding tert-OH is 2.